The van der Waals surface area contributed by atoms with Crippen molar-refractivity contribution in [1.29, 1.82) is 5.26 Å². The first-order valence-corrected chi connectivity index (χ1v) is 9.68. The molecule has 1 fully saturated rings. The molecule has 6 nitrogen and oxygen atoms in total. The van der Waals surface area contributed by atoms with E-state index in [9.17, 15) is 0 Å². The van der Waals surface area contributed by atoms with Crippen molar-refractivity contribution in [3.05, 3.63) is 58.2 Å². The Hall–Kier alpha value is -2.98. The lowest BCUT2D eigenvalue weighted by Gasteiger charge is -2.25. The molecule has 0 spiro atoms. The van der Waals surface area contributed by atoms with Crippen molar-refractivity contribution >= 4 is 28.2 Å². The van der Waals surface area contributed by atoms with E-state index in [1.807, 2.05) is 6.92 Å². The molecule has 1 N–H and O–H groups in total. The topological polar surface area (TPSA) is 77.7 Å². The van der Waals surface area contributed by atoms with Gasteiger partial charge in [-0.3, -0.25) is 0 Å². The molecule has 4 rings (SSSR count). The van der Waals surface area contributed by atoms with Gasteiger partial charge < -0.3 is 10.2 Å². The summed E-state index contributed by atoms with van der Waals surface area (Å²) in [5.74, 6) is 1.34. The highest BCUT2D eigenvalue weighted by atomic mass is 32.1. The number of benzene rings is 1. The fourth-order valence-electron chi connectivity index (χ4n) is 3.27. The third-order valence-electron chi connectivity index (χ3n) is 4.70. The second-order valence-corrected chi connectivity index (χ2v) is 7.67. The van der Waals surface area contributed by atoms with E-state index in [1.54, 1.807) is 6.20 Å². The maximum absolute atomic E-state index is 8.97. The predicted octanol–water partition coefficient (Wildman–Crippen LogP) is 4.31. The molecule has 1 aliphatic heterocycles. The van der Waals surface area contributed by atoms with Gasteiger partial charge in [0.05, 0.1) is 18.4 Å². The monoisotopic (exact) mass is 375 g/mol. The molecule has 0 aliphatic carbocycles. The van der Waals surface area contributed by atoms with Crippen molar-refractivity contribution in [2.75, 3.05) is 16.8 Å². The van der Waals surface area contributed by atoms with Crippen LogP contribution in [0.4, 0.5) is 16.9 Å². The molecular weight excluding hydrogens is 356 g/mol. The SMILES string of the molecule is Cc1ccc([C@@H]2CCCN2c2n[c]c(C)c(Nc3ncc(C#N)s3)n2)cc1. The van der Waals surface area contributed by atoms with E-state index in [4.69, 9.17) is 10.2 Å². The number of anilines is 3. The van der Waals surface area contributed by atoms with Crippen LogP contribution in [0.1, 0.15) is 40.5 Å². The molecule has 0 amide bonds. The Bertz CT molecular complexity index is 988. The maximum atomic E-state index is 8.97. The number of hydrogen-bond acceptors (Lipinski definition) is 7. The van der Waals surface area contributed by atoms with Crippen LogP contribution in [0.3, 0.4) is 0 Å². The molecule has 2 aromatic heterocycles. The molecule has 3 heterocycles. The third-order valence-corrected chi connectivity index (χ3v) is 5.52. The number of nitriles is 1. The number of nitrogens with zero attached hydrogens (tertiary/aromatic N) is 5. The summed E-state index contributed by atoms with van der Waals surface area (Å²) in [5.41, 5.74) is 3.36. The van der Waals surface area contributed by atoms with Crippen molar-refractivity contribution in [3.8, 4) is 6.07 Å². The molecule has 1 aliphatic rings. The van der Waals surface area contributed by atoms with Crippen LogP contribution in [0.25, 0.3) is 0 Å². The molecule has 7 heteroatoms. The van der Waals surface area contributed by atoms with Crippen molar-refractivity contribution in [3.63, 3.8) is 0 Å². The molecule has 0 unspecified atom stereocenters. The molecule has 135 valence electrons. The maximum Gasteiger partial charge on any atom is 0.228 e. The van der Waals surface area contributed by atoms with Crippen LogP contribution in [-0.4, -0.2) is 21.5 Å². The molecule has 3 aromatic rings. The van der Waals surface area contributed by atoms with Gasteiger partial charge in [-0.2, -0.15) is 10.2 Å². The smallest absolute Gasteiger partial charge is 0.228 e. The fraction of sp³-hybridized carbons (Fsp3) is 0.300. The Morgan fingerprint density at radius 3 is 2.85 bits per heavy atom. The molecule has 1 aromatic carbocycles. The largest absolute Gasteiger partial charge is 0.334 e. The van der Waals surface area contributed by atoms with Crippen LogP contribution in [0, 0.1) is 31.4 Å². The molecule has 27 heavy (non-hydrogen) atoms. The van der Waals surface area contributed by atoms with Crippen LogP contribution in [0.5, 0.6) is 0 Å². The molecule has 1 saturated heterocycles. The van der Waals surface area contributed by atoms with Crippen LogP contribution >= 0.6 is 11.3 Å². The van der Waals surface area contributed by atoms with Gasteiger partial charge in [0, 0.05) is 12.1 Å². The summed E-state index contributed by atoms with van der Waals surface area (Å²) in [7, 11) is 0. The summed E-state index contributed by atoms with van der Waals surface area (Å²) in [5, 5.41) is 12.8. The van der Waals surface area contributed by atoms with Gasteiger partial charge in [-0.05, 0) is 32.3 Å². The van der Waals surface area contributed by atoms with E-state index in [2.05, 4.69) is 63.6 Å². The van der Waals surface area contributed by atoms with Crippen LogP contribution in [-0.2, 0) is 0 Å². The van der Waals surface area contributed by atoms with Gasteiger partial charge in [0.15, 0.2) is 5.13 Å². The van der Waals surface area contributed by atoms with Gasteiger partial charge in [-0.1, -0.05) is 41.2 Å². The minimum absolute atomic E-state index is 0.277. The summed E-state index contributed by atoms with van der Waals surface area (Å²) in [6.45, 7) is 4.93. The first kappa shape index (κ1) is 17.4. The summed E-state index contributed by atoms with van der Waals surface area (Å²) in [6, 6.07) is 11.1. The third kappa shape index (κ3) is 3.62. The molecule has 1 atom stereocenters. The number of thiazole rings is 1. The minimum Gasteiger partial charge on any atom is -0.334 e. The van der Waals surface area contributed by atoms with Crippen molar-refractivity contribution in [1.82, 2.24) is 15.0 Å². The normalized spacial score (nSPS) is 16.3. The van der Waals surface area contributed by atoms with E-state index in [0.29, 0.717) is 21.8 Å². The van der Waals surface area contributed by atoms with Crippen LogP contribution < -0.4 is 10.2 Å². The molecule has 0 bridgehead atoms. The Labute approximate surface area is 162 Å². The average molecular weight is 375 g/mol. The zero-order chi connectivity index (χ0) is 18.8. The highest BCUT2D eigenvalue weighted by Crippen LogP contribution is 2.35. The first-order chi connectivity index (χ1) is 13.1. The summed E-state index contributed by atoms with van der Waals surface area (Å²) in [6.07, 6.45) is 6.81. The number of hydrogen-bond donors (Lipinski definition) is 1. The number of nitrogens with one attached hydrogen (secondary N) is 1. The van der Waals surface area contributed by atoms with Gasteiger partial charge in [0.2, 0.25) is 5.95 Å². The predicted molar refractivity (Wildman–Crippen MR) is 106 cm³/mol. The fourth-order valence-corrected chi connectivity index (χ4v) is 3.88. The zero-order valence-electron chi connectivity index (χ0n) is 15.2. The molecule has 1 radical (unpaired) electrons. The van der Waals surface area contributed by atoms with Crippen molar-refractivity contribution in [2.24, 2.45) is 0 Å². The molecule has 0 saturated carbocycles. The number of rotatable bonds is 4. The standard InChI is InChI=1S/C20H19N6S/c1-13-5-7-15(8-6-13)17-4-3-9-26(17)19-22-11-14(2)18(24-19)25-20-23-12-16(10-21)27-20/h5-8,12,17H,3-4,9H2,1-2H3,(H,22,23,24,25)/t17-/m0/s1. The second kappa shape index (κ2) is 7.33. The number of aryl methyl sites for hydroxylation is 2. The highest BCUT2D eigenvalue weighted by Gasteiger charge is 2.28. The zero-order valence-corrected chi connectivity index (χ0v) is 16.0. The Balaban J connectivity index is 1.61. The van der Waals surface area contributed by atoms with Gasteiger partial charge >= 0.3 is 0 Å². The quantitative estimate of drug-likeness (QED) is 0.732. The van der Waals surface area contributed by atoms with Crippen molar-refractivity contribution in [2.45, 2.75) is 32.7 Å². The Morgan fingerprint density at radius 1 is 1.30 bits per heavy atom. The van der Waals surface area contributed by atoms with Gasteiger partial charge in [-0.25, -0.2) is 9.97 Å². The first-order valence-electron chi connectivity index (χ1n) is 8.86. The average Bonchev–Trinajstić information content (AvgIpc) is 3.33. The Kier molecular flexibility index (Phi) is 4.73. The second-order valence-electron chi connectivity index (χ2n) is 6.64. The lowest BCUT2D eigenvalue weighted by Crippen LogP contribution is -2.25. The van der Waals surface area contributed by atoms with Gasteiger partial charge in [0.25, 0.3) is 0 Å². The number of aromatic nitrogens is 3. The highest BCUT2D eigenvalue weighted by molar-refractivity contribution is 7.16. The summed E-state index contributed by atoms with van der Waals surface area (Å²) < 4.78 is 0. The summed E-state index contributed by atoms with van der Waals surface area (Å²) >= 11 is 1.30. The van der Waals surface area contributed by atoms with E-state index in [1.165, 1.54) is 22.5 Å². The van der Waals surface area contributed by atoms with E-state index < -0.39 is 0 Å². The summed E-state index contributed by atoms with van der Waals surface area (Å²) in [4.78, 5) is 16.2. The van der Waals surface area contributed by atoms with E-state index >= 15 is 0 Å². The Morgan fingerprint density at radius 2 is 2.11 bits per heavy atom. The van der Waals surface area contributed by atoms with Crippen LogP contribution in [0.2, 0.25) is 0 Å². The lowest BCUT2D eigenvalue weighted by molar-refractivity contribution is 0.701. The van der Waals surface area contributed by atoms with E-state index in [-0.39, 0.29) is 6.04 Å². The van der Waals surface area contributed by atoms with E-state index in [0.717, 1.165) is 24.9 Å². The van der Waals surface area contributed by atoms with Gasteiger partial charge in [-0.15, -0.1) is 0 Å². The minimum atomic E-state index is 0.277. The molecular formula is C20H19N6S. The van der Waals surface area contributed by atoms with Gasteiger partial charge in [0.1, 0.15) is 16.8 Å². The van der Waals surface area contributed by atoms with Crippen molar-refractivity contribution < 1.29 is 0 Å². The van der Waals surface area contributed by atoms with Crippen LogP contribution in [0.15, 0.2) is 30.5 Å². The lowest BCUT2D eigenvalue weighted by atomic mass is 10.0.